The molecule has 0 amide bonds. The van der Waals surface area contributed by atoms with Crippen LogP contribution in [-0.2, 0) is 0 Å². The van der Waals surface area contributed by atoms with Crippen LogP contribution in [0.4, 0.5) is 27.6 Å². The average molecular weight is 356 g/mol. The lowest BCUT2D eigenvalue weighted by molar-refractivity contribution is -0.384. The van der Waals surface area contributed by atoms with Gasteiger partial charge in [-0.3, -0.25) is 10.1 Å². The molecule has 0 N–H and O–H groups in total. The molecule has 2 aromatic carbocycles. The molecule has 128 valence electrons. The number of aromatic nitrogens is 1. The van der Waals surface area contributed by atoms with Gasteiger partial charge in [-0.1, -0.05) is 0 Å². The van der Waals surface area contributed by atoms with E-state index in [4.69, 9.17) is 4.42 Å². The molecule has 0 aliphatic rings. The molecule has 0 aliphatic heterocycles. The summed E-state index contributed by atoms with van der Waals surface area (Å²) in [6.45, 7) is 0. The van der Waals surface area contributed by atoms with E-state index in [1.807, 2.05) is 0 Å². The number of benzene rings is 2. The maximum atomic E-state index is 13.7. The Morgan fingerprint density at radius 2 is 1.40 bits per heavy atom. The Labute approximate surface area is 135 Å². The van der Waals surface area contributed by atoms with Crippen molar-refractivity contribution in [2.24, 2.45) is 0 Å². The van der Waals surface area contributed by atoms with E-state index >= 15 is 0 Å². The van der Waals surface area contributed by atoms with Gasteiger partial charge in [0.15, 0.2) is 29.0 Å². The highest BCUT2D eigenvalue weighted by molar-refractivity contribution is 5.63. The molecule has 0 spiro atoms. The first-order valence-corrected chi connectivity index (χ1v) is 6.53. The molecule has 5 nitrogen and oxygen atoms in total. The van der Waals surface area contributed by atoms with Gasteiger partial charge in [0.25, 0.3) is 5.69 Å². The summed E-state index contributed by atoms with van der Waals surface area (Å²) in [5, 5.41) is 10.6. The molecule has 3 aromatic rings. The monoisotopic (exact) mass is 356 g/mol. The number of oxazole rings is 1. The zero-order valence-corrected chi connectivity index (χ0v) is 11.9. The van der Waals surface area contributed by atoms with Crippen molar-refractivity contribution in [3.63, 3.8) is 0 Å². The summed E-state index contributed by atoms with van der Waals surface area (Å²) in [6.07, 6.45) is 0.995. The molecule has 10 heteroatoms. The lowest BCUT2D eigenvalue weighted by atomic mass is 10.1. The van der Waals surface area contributed by atoms with Crippen LogP contribution in [0.25, 0.3) is 22.8 Å². The minimum absolute atomic E-state index is 0.0751. The number of non-ortho nitro benzene ring substituents is 1. The van der Waals surface area contributed by atoms with Crippen molar-refractivity contribution in [3.05, 3.63) is 69.7 Å². The second-order valence-corrected chi connectivity index (χ2v) is 4.78. The summed E-state index contributed by atoms with van der Waals surface area (Å²) in [5.74, 6) is -11.6. The van der Waals surface area contributed by atoms with Crippen molar-refractivity contribution in [1.82, 2.24) is 4.98 Å². The fraction of sp³-hybridized carbons (Fsp3) is 0. The second kappa shape index (κ2) is 5.96. The Morgan fingerprint density at radius 3 is 1.92 bits per heavy atom. The predicted octanol–water partition coefficient (Wildman–Crippen LogP) is 4.61. The molecule has 3 rings (SSSR count). The second-order valence-electron chi connectivity index (χ2n) is 4.78. The van der Waals surface area contributed by atoms with Crippen LogP contribution in [0.2, 0.25) is 0 Å². The molecular weight excluding hydrogens is 351 g/mol. The number of hydrogen-bond acceptors (Lipinski definition) is 4. The summed E-state index contributed by atoms with van der Waals surface area (Å²) >= 11 is 0. The molecule has 25 heavy (non-hydrogen) atoms. The highest BCUT2D eigenvalue weighted by Gasteiger charge is 2.29. The molecular formula is C15H5F5N2O3. The summed E-state index contributed by atoms with van der Waals surface area (Å²) in [5.41, 5.74) is -1.25. The van der Waals surface area contributed by atoms with Gasteiger partial charge < -0.3 is 4.42 Å². The Balaban J connectivity index is 2.07. The molecule has 0 bridgehead atoms. The van der Waals surface area contributed by atoms with E-state index in [9.17, 15) is 32.1 Å². The fourth-order valence-corrected chi connectivity index (χ4v) is 2.06. The lowest BCUT2D eigenvalue weighted by Crippen LogP contribution is -2.04. The molecule has 1 heterocycles. The van der Waals surface area contributed by atoms with Gasteiger partial charge in [0.2, 0.25) is 11.7 Å². The fourth-order valence-electron chi connectivity index (χ4n) is 2.06. The van der Waals surface area contributed by atoms with Gasteiger partial charge in [-0.15, -0.1) is 0 Å². The molecule has 0 aliphatic carbocycles. The molecule has 0 saturated heterocycles. The van der Waals surface area contributed by atoms with E-state index in [1.54, 1.807) is 0 Å². The van der Waals surface area contributed by atoms with Gasteiger partial charge in [-0.2, -0.15) is 0 Å². The molecule has 1 aromatic heterocycles. The quantitative estimate of drug-likeness (QED) is 0.226. The summed E-state index contributed by atoms with van der Waals surface area (Å²) < 4.78 is 72.1. The zero-order chi connectivity index (χ0) is 18.3. The largest absolute Gasteiger partial charge is 0.436 e. The Kier molecular flexibility index (Phi) is 3.95. The van der Waals surface area contributed by atoms with Crippen LogP contribution in [0.5, 0.6) is 0 Å². The number of halogens is 5. The maximum absolute atomic E-state index is 13.7. The van der Waals surface area contributed by atoms with E-state index in [-0.39, 0.29) is 17.0 Å². The van der Waals surface area contributed by atoms with Gasteiger partial charge in [0.1, 0.15) is 5.56 Å². The van der Waals surface area contributed by atoms with Crippen LogP contribution in [0, 0.1) is 39.2 Å². The van der Waals surface area contributed by atoms with Crippen molar-refractivity contribution in [2.45, 2.75) is 0 Å². The predicted molar refractivity (Wildman–Crippen MR) is 73.8 cm³/mol. The SMILES string of the molecule is O=[N+]([O-])c1ccc(-c2cnc(-c3c(F)c(F)c(F)c(F)c3F)o2)cc1. The van der Waals surface area contributed by atoms with E-state index in [1.165, 1.54) is 12.1 Å². The number of nitrogens with zero attached hydrogens (tertiary/aromatic N) is 2. The van der Waals surface area contributed by atoms with E-state index in [0.717, 1.165) is 18.3 Å². The van der Waals surface area contributed by atoms with Crippen molar-refractivity contribution < 1.29 is 31.3 Å². The minimum atomic E-state index is -2.29. The van der Waals surface area contributed by atoms with Crippen LogP contribution >= 0.6 is 0 Å². The first kappa shape index (κ1) is 16.6. The van der Waals surface area contributed by atoms with Crippen molar-refractivity contribution >= 4 is 5.69 Å². The third-order valence-electron chi connectivity index (χ3n) is 3.29. The van der Waals surface area contributed by atoms with Gasteiger partial charge in [-0.05, 0) is 12.1 Å². The number of nitro benzene ring substituents is 1. The Bertz CT molecular complexity index is 957. The van der Waals surface area contributed by atoms with Crippen LogP contribution in [0.1, 0.15) is 0 Å². The number of hydrogen-bond donors (Lipinski definition) is 0. The number of nitro groups is 1. The van der Waals surface area contributed by atoms with E-state index < -0.39 is 45.5 Å². The first-order valence-electron chi connectivity index (χ1n) is 6.53. The topological polar surface area (TPSA) is 69.2 Å². The highest BCUT2D eigenvalue weighted by Crippen LogP contribution is 2.33. The normalized spacial score (nSPS) is 10.9. The minimum Gasteiger partial charge on any atom is -0.436 e. The van der Waals surface area contributed by atoms with Crippen LogP contribution < -0.4 is 0 Å². The molecule has 0 fully saturated rings. The van der Waals surface area contributed by atoms with Crippen LogP contribution in [-0.4, -0.2) is 9.91 Å². The zero-order valence-electron chi connectivity index (χ0n) is 11.9. The average Bonchev–Trinajstić information content (AvgIpc) is 3.08. The summed E-state index contributed by atoms with van der Waals surface area (Å²) in [7, 11) is 0. The van der Waals surface area contributed by atoms with E-state index in [2.05, 4.69) is 4.98 Å². The lowest BCUT2D eigenvalue weighted by Gasteiger charge is -2.04. The van der Waals surface area contributed by atoms with Gasteiger partial charge >= 0.3 is 0 Å². The highest BCUT2D eigenvalue weighted by atomic mass is 19.2. The molecule has 0 saturated carbocycles. The molecule has 0 atom stereocenters. The Morgan fingerprint density at radius 1 is 0.880 bits per heavy atom. The maximum Gasteiger partial charge on any atom is 0.269 e. The van der Waals surface area contributed by atoms with Gasteiger partial charge in [0, 0.05) is 17.7 Å². The van der Waals surface area contributed by atoms with Gasteiger partial charge in [-0.25, -0.2) is 26.9 Å². The number of rotatable bonds is 3. The molecule has 0 radical (unpaired) electrons. The van der Waals surface area contributed by atoms with Gasteiger partial charge in [0.05, 0.1) is 11.1 Å². The van der Waals surface area contributed by atoms with Crippen molar-refractivity contribution in [3.8, 4) is 22.8 Å². The van der Waals surface area contributed by atoms with Crippen LogP contribution in [0.3, 0.4) is 0 Å². The van der Waals surface area contributed by atoms with Crippen molar-refractivity contribution in [1.29, 1.82) is 0 Å². The molecule has 0 unspecified atom stereocenters. The van der Waals surface area contributed by atoms with E-state index in [0.29, 0.717) is 0 Å². The third-order valence-corrected chi connectivity index (χ3v) is 3.29. The Hall–Kier alpha value is -3.30. The smallest absolute Gasteiger partial charge is 0.269 e. The van der Waals surface area contributed by atoms with Crippen molar-refractivity contribution in [2.75, 3.05) is 0 Å². The summed E-state index contributed by atoms with van der Waals surface area (Å²) in [6, 6.07) is 4.85. The summed E-state index contributed by atoms with van der Waals surface area (Å²) in [4.78, 5) is 13.5. The standard InChI is InChI=1S/C15H5F5N2O3/c16-10-9(11(17)13(19)14(20)12(10)18)15-21-5-8(25-15)6-1-3-7(4-2-6)22(23)24/h1-5H. The first-order chi connectivity index (χ1) is 11.8. The third kappa shape index (κ3) is 2.71. The van der Waals surface area contributed by atoms with Crippen LogP contribution in [0.15, 0.2) is 34.9 Å².